The number of unbranched alkanes of at least 4 members (excludes halogenated alkanes) is 14. The van der Waals surface area contributed by atoms with Crippen LogP contribution in [0.1, 0.15) is 207 Å². The highest BCUT2D eigenvalue weighted by Crippen LogP contribution is 2.26. The molecule has 1 aliphatic rings. The van der Waals surface area contributed by atoms with E-state index in [-0.39, 0.29) is 19.4 Å². The predicted octanol–water partition coefficient (Wildman–Crippen LogP) is 14.1. The summed E-state index contributed by atoms with van der Waals surface area (Å²) in [4.78, 5) is 26.5. The van der Waals surface area contributed by atoms with E-state index in [2.05, 4.69) is 148 Å². The molecule has 8 atom stereocenters. The first kappa shape index (κ1) is 70.8. The summed E-state index contributed by atoms with van der Waals surface area (Å²) in [5.74, 6) is -1.28. The second-order valence-corrected chi connectivity index (χ2v) is 20.0. The Bertz CT molecular complexity index is 1760. The van der Waals surface area contributed by atoms with Crippen LogP contribution in [0.2, 0.25) is 0 Å². The van der Waals surface area contributed by atoms with E-state index in [4.69, 9.17) is 14.2 Å². The first-order valence-corrected chi connectivity index (χ1v) is 30.0. The molecule has 0 saturated carbocycles. The molecule has 1 amide bonds. The molecule has 0 aromatic heterocycles. The van der Waals surface area contributed by atoms with Crippen LogP contribution in [0, 0.1) is 0 Å². The summed E-state index contributed by atoms with van der Waals surface area (Å²) < 4.78 is 17.5. The average molecular weight is 1070 g/mol. The van der Waals surface area contributed by atoms with Crippen molar-refractivity contribution in [1.82, 2.24) is 5.32 Å². The second-order valence-electron chi connectivity index (χ2n) is 20.0. The molecule has 11 nitrogen and oxygen atoms in total. The van der Waals surface area contributed by atoms with Gasteiger partial charge in [-0.2, -0.15) is 0 Å². The molecule has 6 N–H and O–H groups in total. The standard InChI is InChI=1S/C66H107NO10/c1-4-7-10-13-16-19-22-24-26-28-30-32-34-36-39-42-45-48-51-54-61(71)77-64-63(73)62(72)60(55-68)76-66(64)75-56-57(58(69)52-49-46-43-40-37-21-18-15-12-9-6-3)67-65(74)59(70)53-50-47-44-41-38-35-33-31-29-27-25-23-20-17-14-11-8-5-2/h7-8,10-11,16-17,19-20,24-27,30-33,36,38-39,41,49,52,57-60,62-64,66,68-70,72-73H,4-6,9,12-15,18,21-23,28-29,34-35,37,40,42-48,50-51,53-56H2,1-3H3,(H,67,74)/b10-7-,11-8-,19-16-,20-17-,26-24-,27-25-,32-30-,33-31-,39-36-,41-38-,52-49+. The van der Waals surface area contributed by atoms with Gasteiger partial charge in [-0.25, -0.2) is 0 Å². The lowest BCUT2D eigenvalue weighted by Crippen LogP contribution is -2.61. The molecule has 1 saturated heterocycles. The van der Waals surface area contributed by atoms with Crippen molar-refractivity contribution in [2.45, 2.75) is 256 Å². The van der Waals surface area contributed by atoms with Gasteiger partial charge in [-0.05, 0) is 116 Å². The maximum absolute atomic E-state index is 13.4. The summed E-state index contributed by atoms with van der Waals surface area (Å²) in [6, 6.07) is -1.06. The SMILES string of the molecule is CC/C=C\C/C=C\C/C=C\C/C=C\C/C=C\CCCCCC(=O)OC1C(OCC(NC(=O)C(O)CCCC/C=C\C/C=C\C/C=C\C/C=C\C/C=C\CC)C(O)/C=C/CCCCCCCCCCC)OC(CO)C(O)C1O. The second kappa shape index (κ2) is 52.5. The van der Waals surface area contributed by atoms with Crippen molar-refractivity contribution < 1.29 is 49.3 Å². The summed E-state index contributed by atoms with van der Waals surface area (Å²) in [5, 5.41) is 56.9. The topological polar surface area (TPSA) is 175 Å². The summed E-state index contributed by atoms with van der Waals surface area (Å²) >= 11 is 0. The molecule has 0 aromatic rings. The minimum atomic E-state index is -1.64. The fraction of sp³-hybridized carbons (Fsp3) is 0.636. The fourth-order valence-electron chi connectivity index (χ4n) is 8.35. The van der Waals surface area contributed by atoms with E-state index in [1.54, 1.807) is 6.08 Å². The maximum atomic E-state index is 13.4. The van der Waals surface area contributed by atoms with Crippen LogP contribution in [0.5, 0.6) is 0 Å². The van der Waals surface area contributed by atoms with Crippen molar-refractivity contribution in [3.05, 3.63) is 134 Å². The largest absolute Gasteiger partial charge is 0.454 e. The van der Waals surface area contributed by atoms with Crippen LogP contribution in [0.25, 0.3) is 0 Å². The van der Waals surface area contributed by atoms with Gasteiger partial charge in [-0.15, -0.1) is 0 Å². The average Bonchev–Trinajstić information content (AvgIpc) is 3.43. The maximum Gasteiger partial charge on any atom is 0.306 e. The highest BCUT2D eigenvalue weighted by atomic mass is 16.7. The lowest BCUT2D eigenvalue weighted by molar-refractivity contribution is -0.305. The van der Waals surface area contributed by atoms with E-state index in [0.29, 0.717) is 12.8 Å². The summed E-state index contributed by atoms with van der Waals surface area (Å²) in [7, 11) is 0. The number of carbonyl (C=O) groups excluding carboxylic acids is 2. The van der Waals surface area contributed by atoms with Crippen LogP contribution in [0.3, 0.4) is 0 Å². The van der Waals surface area contributed by atoms with E-state index >= 15 is 0 Å². The first-order valence-electron chi connectivity index (χ1n) is 30.0. The highest BCUT2D eigenvalue weighted by Gasteiger charge is 2.47. The molecule has 0 bridgehead atoms. The zero-order valence-electron chi connectivity index (χ0n) is 48.0. The molecule has 77 heavy (non-hydrogen) atoms. The molecule has 0 spiro atoms. The Morgan fingerprint density at radius 3 is 1.40 bits per heavy atom. The lowest BCUT2D eigenvalue weighted by Gasteiger charge is -2.41. The molecule has 0 radical (unpaired) electrons. The minimum Gasteiger partial charge on any atom is -0.454 e. The number of hydrogen-bond acceptors (Lipinski definition) is 10. The van der Waals surface area contributed by atoms with E-state index in [1.807, 2.05) is 6.08 Å². The molecule has 1 aliphatic heterocycles. The van der Waals surface area contributed by atoms with E-state index in [9.17, 15) is 35.1 Å². The molecule has 1 heterocycles. The number of ether oxygens (including phenoxy) is 3. The van der Waals surface area contributed by atoms with Crippen LogP contribution in [0.4, 0.5) is 0 Å². The zero-order valence-corrected chi connectivity index (χ0v) is 48.0. The van der Waals surface area contributed by atoms with E-state index in [0.717, 1.165) is 122 Å². The van der Waals surface area contributed by atoms with Gasteiger partial charge in [-0.1, -0.05) is 219 Å². The van der Waals surface area contributed by atoms with Crippen LogP contribution in [-0.4, -0.2) is 99.6 Å². The van der Waals surface area contributed by atoms with Gasteiger partial charge in [0.15, 0.2) is 12.4 Å². The summed E-state index contributed by atoms with van der Waals surface area (Å²) in [5.41, 5.74) is 0. The number of aliphatic hydroxyl groups excluding tert-OH is 5. The van der Waals surface area contributed by atoms with Crippen molar-refractivity contribution in [1.29, 1.82) is 0 Å². The van der Waals surface area contributed by atoms with E-state index in [1.165, 1.54) is 38.5 Å². The van der Waals surface area contributed by atoms with Crippen molar-refractivity contribution in [2.24, 2.45) is 0 Å². The van der Waals surface area contributed by atoms with Gasteiger partial charge in [0, 0.05) is 6.42 Å². The Labute approximate surface area is 467 Å². The normalized spacial score (nSPS) is 20.0. The number of nitrogens with one attached hydrogen (secondary N) is 1. The number of allylic oxidation sites excluding steroid dienone is 21. The van der Waals surface area contributed by atoms with Crippen molar-refractivity contribution >= 4 is 11.9 Å². The molecule has 1 rings (SSSR count). The number of amides is 1. The Morgan fingerprint density at radius 1 is 0.519 bits per heavy atom. The molecule has 436 valence electrons. The smallest absolute Gasteiger partial charge is 0.306 e. The third kappa shape index (κ3) is 40.6. The van der Waals surface area contributed by atoms with Gasteiger partial charge < -0.3 is 45.1 Å². The predicted molar refractivity (Wildman–Crippen MR) is 319 cm³/mol. The molecular formula is C66H107NO10. The van der Waals surface area contributed by atoms with Gasteiger partial charge in [-0.3, -0.25) is 9.59 Å². The first-order chi connectivity index (χ1) is 37.7. The third-order valence-corrected chi connectivity index (χ3v) is 13.0. The van der Waals surface area contributed by atoms with Crippen molar-refractivity contribution in [3.8, 4) is 0 Å². The molecule has 1 fully saturated rings. The fourth-order valence-corrected chi connectivity index (χ4v) is 8.35. The van der Waals surface area contributed by atoms with Gasteiger partial charge >= 0.3 is 5.97 Å². The lowest BCUT2D eigenvalue weighted by atomic mass is 9.99. The molecule has 0 aliphatic carbocycles. The Morgan fingerprint density at radius 2 is 0.935 bits per heavy atom. The summed E-state index contributed by atoms with van der Waals surface area (Å²) in [6.45, 7) is 5.49. The number of hydrogen-bond donors (Lipinski definition) is 6. The van der Waals surface area contributed by atoms with Gasteiger partial charge in [0.05, 0.1) is 25.4 Å². The zero-order chi connectivity index (χ0) is 56.1. The number of carbonyl (C=O) groups is 2. The highest BCUT2D eigenvalue weighted by molar-refractivity contribution is 5.80. The Hall–Kier alpha value is -4.20. The number of aliphatic hydroxyl groups is 5. The molecular weight excluding hydrogens is 967 g/mol. The molecule has 0 aromatic carbocycles. The van der Waals surface area contributed by atoms with Gasteiger partial charge in [0.1, 0.15) is 24.4 Å². The molecule has 11 heteroatoms. The van der Waals surface area contributed by atoms with Crippen LogP contribution in [-0.2, 0) is 23.8 Å². The van der Waals surface area contributed by atoms with Crippen LogP contribution >= 0.6 is 0 Å². The monoisotopic (exact) mass is 1070 g/mol. The van der Waals surface area contributed by atoms with Gasteiger partial charge in [0.25, 0.3) is 0 Å². The Balaban J connectivity index is 2.75. The van der Waals surface area contributed by atoms with Crippen molar-refractivity contribution in [2.75, 3.05) is 13.2 Å². The molecule has 8 unspecified atom stereocenters. The summed E-state index contributed by atoms with van der Waals surface area (Å²) in [6.07, 6.45) is 63.5. The number of rotatable bonds is 48. The van der Waals surface area contributed by atoms with Crippen LogP contribution < -0.4 is 5.32 Å². The van der Waals surface area contributed by atoms with Gasteiger partial charge in [0.2, 0.25) is 5.91 Å². The van der Waals surface area contributed by atoms with Crippen molar-refractivity contribution in [3.63, 3.8) is 0 Å². The van der Waals surface area contributed by atoms with Crippen LogP contribution in [0.15, 0.2) is 134 Å². The minimum absolute atomic E-state index is 0.0719. The third-order valence-electron chi connectivity index (χ3n) is 13.0. The Kier molecular flexibility index (Phi) is 48.3. The number of esters is 1. The van der Waals surface area contributed by atoms with E-state index < -0.39 is 67.4 Å². The quantitative estimate of drug-likeness (QED) is 0.0195.